The number of carbonyl (C=O) groups is 1. The van der Waals surface area contributed by atoms with Crippen LogP contribution in [-0.4, -0.2) is 25.9 Å². The highest BCUT2D eigenvalue weighted by Gasteiger charge is 2.15. The van der Waals surface area contributed by atoms with Crippen molar-refractivity contribution in [3.05, 3.63) is 53.2 Å². The number of sulfonamides is 1. The van der Waals surface area contributed by atoms with Crippen LogP contribution in [0.15, 0.2) is 41.4 Å². The molecule has 0 atom stereocenters. The first-order chi connectivity index (χ1) is 11.3. The number of pyridine rings is 1. The Labute approximate surface area is 142 Å². The van der Waals surface area contributed by atoms with E-state index in [0.717, 1.165) is 16.7 Å². The van der Waals surface area contributed by atoms with Gasteiger partial charge in [0, 0.05) is 19.2 Å². The largest absolute Gasteiger partial charge is 0.311 e. The van der Waals surface area contributed by atoms with Crippen LogP contribution in [0.25, 0.3) is 0 Å². The molecule has 1 heterocycles. The van der Waals surface area contributed by atoms with E-state index in [-0.39, 0.29) is 23.8 Å². The molecule has 0 aliphatic heterocycles. The number of amides is 1. The summed E-state index contributed by atoms with van der Waals surface area (Å²) in [4.78, 5) is 16.1. The molecule has 1 aromatic heterocycles. The van der Waals surface area contributed by atoms with Gasteiger partial charge in [-0.1, -0.05) is 12.1 Å². The lowest BCUT2D eigenvalue weighted by Gasteiger charge is -2.09. The predicted molar refractivity (Wildman–Crippen MR) is 93.3 cm³/mol. The fourth-order valence-electron chi connectivity index (χ4n) is 2.01. The second-order valence-electron chi connectivity index (χ2n) is 5.66. The zero-order chi connectivity index (χ0) is 17.7. The summed E-state index contributed by atoms with van der Waals surface area (Å²) >= 11 is 0. The van der Waals surface area contributed by atoms with Gasteiger partial charge in [-0.15, -0.1) is 0 Å². The second-order valence-corrected chi connectivity index (χ2v) is 7.43. The Kier molecular flexibility index (Phi) is 5.69. The van der Waals surface area contributed by atoms with Crippen LogP contribution in [0.2, 0.25) is 0 Å². The van der Waals surface area contributed by atoms with Gasteiger partial charge < -0.3 is 5.32 Å². The van der Waals surface area contributed by atoms with Crippen molar-refractivity contribution in [1.82, 2.24) is 9.71 Å². The fourth-order valence-corrected chi connectivity index (χ4v) is 3.13. The van der Waals surface area contributed by atoms with Crippen molar-refractivity contribution < 1.29 is 13.2 Å². The Bertz CT molecular complexity index is 831. The van der Waals surface area contributed by atoms with Crippen LogP contribution in [-0.2, 0) is 14.8 Å². The van der Waals surface area contributed by atoms with E-state index in [1.807, 2.05) is 26.8 Å². The lowest BCUT2D eigenvalue weighted by molar-refractivity contribution is -0.116. The molecule has 0 saturated carbocycles. The van der Waals surface area contributed by atoms with E-state index < -0.39 is 10.0 Å². The zero-order valence-electron chi connectivity index (χ0n) is 14.0. The summed E-state index contributed by atoms with van der Waals surface area (Å²) < 4.78 is 26.9. The van der Waals surface area contributed by atoms with E-state index >= 15 is 0 Å². The van der Waals surface area contributed by atoms with Gasteiger partial charge in [0.15, 0.2) is 0 Å². The Morgan fingerprint density at radius 2 is 1.83 bits per heavy atom. The summed E-state index contributed by atoms with van der Waals surface area (Å²) in [6, 6.07) is 8.48. The fraction of sp³-hybridized carbons (Fsp3) is 0.294. The van der Waals surface area contributed by atoms with Crippen molar-refractivity contribution >= 4 is 21.7 Å². The van der Waals surface area contributed by atoms with Crippen LogP contribution < -0.4 is 10.0 Å². The summed E-state index contributed by atoms with van der Waals surface area (Å²) in [7, 11) is -3.62. The molecule has 6 nitrogen and oxygen atoms in total. The van der Waals surface area contributed by atoms with Crippen LogP contribution >= 0.6 is 0 Å². The van der Waals surface area contributed by atoms with Crippen LogP contribution in [0.5, 0.6) is 0 Å². The van der Waals surface area contributed by atoms with Gasteiger partial charge in [0.25, 0.3) is 0 Å². The first-order valence-electron chi connectivity index (χ1n) is 7.57. The standard InChI is InChI=1S/C17H21N3O3S/c1-12-4-7-16(18-11-12)20-17(21)8-9-19-24(22,23)15-6-5-13(2)14(3)10-15/h4-7,10-11,19H,8-9H2,1-3H3,(H,18,20,21). The minimum absolute atomic E-state index is 0.0208. The van der Waals surface area contributed by atoms with Crippen molar-refractivity contribution in [3.8, 4) is 0 Å². The highest BCUT2D eigenvalue weighted by molar-refractivity contribution is 7.89. The molecule has 1 aromatic carbocycles. The average Bonchev–Trinajstić information content (AvgIpc) is 2.52. The molecule has 0 aliphatic rings. The van der Waals surface area contributed by atoms with E-state index in [9.17, 15) is 13.2 Å². The number of nitrogens with one attached hydrogen (secondary N) is 2. The summed E-state index contributed by atoms with van der Waals surface area (Å²) in [6.45, 7) is 5.70. The molecule has 0 bridgehead atoms. The highest BCUT2D eigenvalue weighted by Crippen LogP contribution is 2.14. The van der Waals surface area contributed by atoms with Crippen molar-refractivity contribution in [1.29, 1.82) is 0 Å². The third-order valence-electron chi connectivity index (χ3n) is 3.61. The van der Waals surface area contributed by atoms with Crippen molar-refractivity contribution in [2.24, 2.45) is 0 Å². The minimum atomic E-state index is -3.62. The molecular weight excluding hydrogens is 326 g/mol. The number of anilines is 1. The maximum Gasteiger partial charge on any atom is 0.240 e. The second kappa shape index (κ2) is 7.55. The molecule has 24 heavy (non-hydrogen) atoms. The summed E-state index contributed by atoms with van der Waals surface area (Å²) in [5.74, 6) is 0.150. The lowest BCUT2D eigenvalue weighted by atomic mass is 10.1. The number of hydrogen-bond acceptors (Lipinski definition) is 4. The van der Waals surface area contributed by atoms with E-state index in [1.54, 1.807) is 30.5 Å². The van der Waals surface area contributed by atoms with Gasteiger partial charge in [0.2, 0.25) is 15.9 Å². The first kappa shape index (κ1) is 18.1. The molecule has 0 saturated heterocycles. The maximum absolute atomic E-state index is 12.2. The Morgan fingerprint density at radius 3 is 2.46 bits per heavy atom. The maximum atomic E-state index is 12.2. The molecular formula is C17H21N3O3S. The third kappa shape index (κ3) is 4.87. The topological polar surface area (TPSA) is 88.2 Å². The van der Waals surface area contributed by atoms with Gasteiger partial charge in [0.05, 0.1) is 4.90 Å². The van der Waals surface area contributed by atoms with Crippen LogP contribution in [0.3, 0.4) is 0 Å². The first-order valence-corrected chi connectivity index (χ1v) is 9.06. The monoisotopic (exact) mass is 347 g/mol. The number of rotatable bonds is 6. The number of aryl methyl sites for hydroxylation is 3. The van der Waals surface area contributed by atoms with Crippen LogP contribution in [0.4, 0.5) is 5.82 Å². The summed E-state index contributed by atoms with van der Waals surface area (Å²) in [6.07, 6.45) is 1.68. The van der Waals surface area contributed by atoms with Crippen molar-refractivity contribution in [3.63, 3.8) is 0 Å². The lowest BCUT2D eigenvalue weighted by Crippen LogP contribution is -2.28. The molecule has 2 N–H and O–H groups in total. The number of carbonyl (C=O) groups excluding carboxylic acids is 1. The van der Waals surface area contributed by atoms with E-state index in [1.165, 1.54) is 0 Å². The molecule has 2 rings (SSSR count). The number of hydrogen-bond donors (Lipinski definition) is 2. The molecule has 1 amide bonds. The van der Waals surface area contributed by atoms with Crippen molar-refractivity contribution in [2.75, 3.05) is 11.9 Å². The van der Waals surface area contributed by atoms with Gasteiger partial charge in [-0.3, -0.25) is 4.79 Å². The number of benzene rings is 1. The SMILES string of the molecule is Cc1ccc(NC(=O)CCNS(=O)(=O)c2ccc(C)c(C)c2)nc1. The summed E-state index contributed by atoms with van der Waals surface area (Å²) in [5.41, 5.74) is 2.93. The van der Waals surface area contributed by atoms with Crippen LogP contribution in [0, 0.1) is 20.8 Å². The highest BCUT2D eigenvalue weighted by atomic mass is 32.2. The van der Waals surface area contributed by atoms with Gasteiger partial charge in [0.1, 0.15) is 5.82 Å². The molecule has 0 spiro atoms. The molecule has 0 unspecified atom stereocenters. The van der Waals surface area contributed by atoms with Gasteiger partial charge in [-0.05, 0) is 55.7 Å². The van der Waals surface area contributed by atoms with Gasteiger partial charge in [-0.25, -0.2) is 18.1 Å². The average molecular weight is 347 g/mol. The molecule has 0 radical (unpaired) electrons. The molecule has 0 aliphatic carbocycles. The quantitative estimate of drug-likeness (QED) is 0.839. The van der Waals surface area contributed by atoms with Gasteiger partial charge >= 0.3 is 0 Å². The van der Waals surface area contributed by atoms with Crippen molar-refractivity contribution in [2.45, 2.75) is 32.1 Å². The number of nitrogens with zero attached hydrogens (tertiary/aromatic N) is 1. The molecule has 7 heteroatoms. The molecule has 0 fully saturated rings. The Hall–Kier alpha value is -2.25. The molecule has 2 aromatic rings. The van der Waals surface area contributed by atoms with Gasteiger partial charge in [-0.2, -0.15) is 0 Å². The minimum Gasteiger partial charge on any atom is -0.311 e. The summed E-state index contributed by atoms with van der Waals surface area (Å²) in [5, 5.41) is 2.63. The van der Waals surface area contributed by atoms with E-state index in [2.05, 4.69) is 15.0 Å². The Morgan fingerprint density at radius 1 is 1.08 bits per heavy atom. The normalized spacial score (nSPS) is 11.3. The molecule has 128 valence electrons. The number of aromatic nitrogens is 1. The zero-order valence-corrected chi connectivity index (χ0v) is 14.8. The third-order valence-corrected chi connectivity index (χ3v) is 5.07. The van der Waals surface area contributed by atoms with E-state index in [0.29, 0.717) is 5.82 Å². The van der Waals surface area contributed by atoms with Crippen LogP contribution in [0.1, 0.15) is 23.1 Å². The smallest absolute Gasteiger partial charge is 0.240 e. The van der Waals surface area contributed by atoms with E-state index in [4.69, 9.17) is 0 Å². The Balaban J connectivity index is 1.89. The predicted octanol–water partition coefficient (Wildman–Crippen LogP) is 2.31.